The maximum Gasteiger partial charge on any atom is 0.255 e. The zero-order chi connectivity index (χ0) is 22.9. The molecule has 0 aromatic heterocycles. The summed E-state index contributed by atoms with van der Waals surface area (Å²) in [5.41, 5.74) is 1.25. The van der Waals surface area contributed by atoms with Crippen LogP contribution in [0.25, 0.3) is 0 Å². The number of imide groups is 1. The minimum atomic E-state index is -0.372. The summed E-state index contributed by atoms with van der Waals surface area (Å²) in [6.45, 7) is 0. The Morgan fingerprint density at radius 3 is 2.27 bits per heavy atom. The number of nitrogens with one attached hydrogen (secondary N) is 1. The van der Waals surface area contributed by atoms with Crippen molar-refractivity contribution >= 4 is 29.1 Å². The monoisotopic (exact) mass is 444 g/mol. The van der Waals surface area contributed by atoms with Crippen molar-refractivity contribution in [1.29, 1.82) is 0 Å². The molecule has 4 aliphatic carbocycles. The molecular formula is C26H24N2O5. The number of hydrogen-bond donors (Lipinski definition) is 1. The summed E-state index contributed by atoms with van der Waals surface area (Å²) in [4.78, 5) is 41.1. The first-order chi connectivity index (χ1) is 16.0. The fourth-order valence-corrected chi connectivity index (χ4v) is 6.10. The van der Waals surface area contributed by atoms with Gasteiger partial charge in [-0.15, -0.1) is 0 Å². The summed E-state index contributed by atoms with van der Waals surface area (Å²) < 4.78 is 10.6. The number of carbonyl (C=O) groups excluding carboxylic acids is 3. The number of methoxy groups -OCH3 is 2. The summed E-state index contributed by atoms with van der Waals surface area (Å²) in [7, 11) is 3.07. The Balaban J connectivity index is 1.28. The van der Waals surface area contributed by atoms with E-state index in [4.69, 9.17) is 9.47 Å². The highest BCUT2D eigenvalue weighted by Gasteiger charge is 2.67. The molecule has 6 atom stereocenters. The van der Waals surface area contributed by atoms with Crippen molar-refractivity contribution in [3.63, 3.8) is 0 Å². The molecule has 33 heavy (non-hydrogen) atoms. The third-order valence-corrected chi connectivity index (χ3v) is 7.68. The highest BCUT2D eigenvalue weighted by Crippen LogP contribution is 2.65. The Hall–Kier alpha value is -3.61. The third-order valence-electron chi connectivity index (χ3n) is 7.68. The van der Waals surface area contributed by atoms with Crippen molar-refractivity contribution in [2.75, 3.05) is 24.4 Å². The van der Waals surface area contributed by atoms with Gasteiger partial charge in [0.25, 0.3) is 5.91 Å². The number of nitrogens with zero attached hydrogens (tertiary/aromatic N) is 1. The average molecular weight is 444 g/mol. The van der Waals surface area contributed by atoms with Gasteiger partial charge >= 0.3 is 0 Å². The van der Waals surface area contributed by atoms with E-state index >= 15 is 0 Å². The molecule has 7 rings (SSSR count). The molecule has 7 nitrogen and oxygen atoms in total. The molecule has 0 radical (unpaired) electrons. The van der Waals surface area contributed by atoms with Crippen molar-refractivity contribution in [2.45, 2.75) is 6.42 Å². The predicted octanol–water partition coefficient (Wildman–Crippen LogP) is 3.51. The summed E-state index contributed by atoms with van der Waals surface area (Å²) in [6.07, 6.45) is 5.43. The van der Waals surface area contributed by atoms with Gasteiger partial charge in [-0.1, -0.05) is 18.2 Å². The molecular weight excluding hydrogens is 420 g/mol. The van der Waals surface area contributed by atoms with E-state index < -0.39 is 0 Å². The van der Waals surface area contributed by atoms with Gasteiger partial charge in [0.05, 0.1) is 37.4 Å². The highest BCUT2D eigenvalue weighted by atomic mass is 16.5. The van der Waals surface area contributed by atoms with Gasteiger partial charge in [0.2, 0.25) is 11.8 Å². The Labute approximate surface area is 191 Å². The maximum atomic E-state index is 13.4. The van der Waals surface area contributed by atoms with Crippen molar-refractivity contribution in [3.8, 4) is 11.5 Å². The molecule has 0 unspecified atom stereocenters. The number of benzene rings is 2. The van der Waals surface area contributed by atoms with Crippen molar-refractivity contribution < 1.29 is 23.9 Å². The standard InChI is InChI=1S/C26H24N2O5/c1-32-15-6-9-21(33-2)20(11-15)27-24(29)13-4-3-5-14(10-13)28-25(30)22-16-7-8-17(19-12-18(16)19)23(22)26(28)31/h3-11,16-19,22-23H,12H2,1-2H3,(H,27,29)/t16-,17-,18-,19+,22+,23+/m0/s1. The molecule has 2 aromatic rings. The van der Waals surface area contributed by atoms with E-state index in [-0.39, 0.29) is 41.4 Å². The predicted molar refractivity (Wildman–Crippen MR) is 121 cm³/mol. The van der Waals surface area contributed by atoms with Gasteiger partial charge < -0.3 is 14.8 Å². The SMILES string of the molecule is COc1ccc(OC)c(NC(=O)c2cccc(N3C(=O)[C@@H]4[C@H]5C=C[C@@H]([C@@H]6C[C@H]56)[C@H]4C3=O)c2)c1. The van der Waals surface area contributed by atoms with Gasteiger partial charge in [0.1, 0.15) is 11.5 Å². The highest BCUT2D eigenvalue weighted by molar-refractivity contribution is 6.23. The Bertz CT molecular complexity index is 1180. The second-order valence-electron chi connectivity index (χ2n) is 9.24. The number of hydrogen-bond acceptors (Lipinski definition) is 5. The molecule has 0 spiro atoms. The van der Waals surface area contributed by atoms with Crippen molar-refractivity contribution in [3.05, 3.63) is 60.2 Å². The van der Waals surface area contributed by atoms with Crippen LogP contribution in [0.4, 0.5) is 11.4 Å². The fourth-order valence-electron chi connectivity index (χ4n) is 6.10. The fraction of sp³-hybridized carbons (Fsp3) is 0.346. The topological polar surface area (TPSA) is 84.9 Å². The van der Waals surface area contributed by atoms with E-state index in [0.29, 0.717) is 40.3 Å². The first-order valence-corrected chi connectivity index (χ1v) is 11.2. The zero-order valence-corrected chi connectivity index (χ0v) is 18.4. The van der Waals surface area contributed by atoms with Crippen LogP contribution in [0.15, 0.2) is 54.6 Å². The third kappa shape index (κ3) is 2.91. The normalized spacial score (nSPS) is 30.7. The lowest BCUT2D eigenvalue weighted by molar-refractivity contribution is -0.124. The molecule has 1 saturated heterocycles. The van der Waals surface area contributed by atoms with Crippen LogP contribution >= 0.6 is 0 Å². The smallest absolute Gasteiger partial charge is 0.255 e. The first kappa shape index (κ1) is 20.0. The van der Waals surface area contributed by atoms with Gasteiger partial charge in [-0.25, -0.2) is 4.90 Å². The van der Waals surface area contributed by atoms with Crippen LogP contribution in [-0.4, -0.2) is 31.9 Å². The average Bonchev–Trinajstić information content (AvgIpc) is 3.62. The number of ether oxygens (including phenoxy) is 2. The molecule has 3 fully saturated rings. The minimum absolute atomic E-state index is 0.137. The van der Waals surface area contributed by atoms with Gasteiger partial charge in [0.15, 0.2) is 0 Å². The van der Waals surface area contributed by atoms with E-state index in [9.17, 15) is 14.4 Å². The van der Waals surface area contributed by atoms with Crippen LogP contribution in [0.5, 0.6) is 11.5 Å². The van der Waals surface area contributed by atoms with E-state index in [0.717, 1.165) is 6.42 Å². The van der Waals surface area contributed by atoms with E-state index in [1.807, 2.05) is 0 Å². The second kappa shape index (κ2) is 7.20. The number of amides is 3. The number of carbonyl (C=O) groups is 3. The summed E-state index contributed by atoms with van der Waals surface area (Å²) in [6, 6.07) is 11.8. The van der Waals surface area contributed by atoms with Crippen molar-refractivity contribution in [2.24, 2.45) is 35.5 Å². The van der Waals surface area contributed by atoms with Crippen molar-refractivity contribution in [1.82, 2.24) is 0 Å². The summed E-state index contributed by atoms with van der Waals surface area (Å²) in [5, 5.41) is 2.84. The maximum absolute atomic E-state index is 13.4. The summed E-state index contributed by atoms with van der Waals surface area (Å²) in [5.74, 6) is 1.32. The Morgan fingerprint density at radius 2 is 1.64 bits per heavy atom. The first-order valence-electron chi connectivity index (χ1n) is 11.2. The van der Waals surface area contributed by atoms with Gasteiger partial charge in [-0.2, -0.15) is 0 Å². The van der Waals surface area contributed by atoms with E-state index in [2.05, 4.69) is 17.5 Å². The molecule has 1 N–H and O–H groups in total. The lowest BCUT2D eigenvalue weighted by atomic mass is 9.63. The van der Waals surface area contributed by atoms with Crippen LogP contribution < -0.4 is 19.7 Å². The van der Waals surface area contributed by atoms with Crippen LogP contribution in [0.1, 0.15) is 16.8 Å². The van der Waals surface area contributed by atoms with Crippen LogP contribution in [0, 0.1) is 35.5 Å². The Morgan fingerprint density at radius 1 is 0.939 bits per heavy atom. The largest absolute Gasteiger partial charge is 0.497 e. The van der Waals surface area contributed by atoms with Crippen LogP contribution in [0.3, 0.4) is 0 Å². The lowest BCUT2D eigenvalue weighted by Crippen LogP contribution is -2.40. The molecule has 168 valence electrons. The zero-order valence-electron chi connectivity index (χ0n) is 18.4. The van der Waals surface area contributed by atoms with E-state index in [1.165, 1.54) is 12.0 Å². The lowest BCUT2D eigenvalue weighted by Gasteiger charge is -2.37. The number of anilines is 2. The summed E-state index contributed by atoms with van der Waals surface area (Å²) >= 11 is 0. The number of allylic oxidation sites excluding steroid dienone is 2. The molecule has 3 amide bonds. The minimum Gasteiger partial charge on any atom is -0.497 e. The molecule has 2 bridgehead atoms. The van der Waals surface area contributed by atoms with Gasteiger partial charge in [-0.05, 0) is 60.4 Å². The molecule has 2 aromatic carbocycles. The van der Waals surface area contributed by atoms with E-state index in [1.54, 1.807) is 49.6 Å². The molecule has 7 heteroatoms. The molecule has 2 saturated carbocycles. The Kier molecular flexibility index (Phi) is 4.37. The van der Waals surface area contributed by atoms with Gasteiger partial charge in [-0.3, -0.25) is 14.4 Å². The van der Waals surface area contributed by atoms with Crippen LogP contribution in [-0.2, 0) is 9.59 Å². The van der Waals surface area contributed by atoms with Gasteiger partial charge in [0, 0.05) is 11.6 Å². The second-order valence-corrected chi connectivity index (χ2v) is 9.24. The molecule has 5 aliphatic rings. The quantitative estimate of drug-likeness (QED) is 0.564. The number of rotatable bonds is 5. The molecule has 1 aliphatic heterocycles. The van der Waals surface area contributed by atoms with Crippen LogP contribution in [0.2, 0.25) is 0 Å². The molecule has 1 heterocycles.